The van der Waals surface area contributed by atoms with Crippen molar-refractivity contribution in [3.8, 4) is 33.8 Å². The van der Waals surface area contributed by atoms with Crippen LogP contribution in [0.2, 0.25) is 10.0 Å². The fraction of sp³-hybridized carbons (Fsp3) is 0.378. The molecule has 1 unspecified atom stereocenters. The Morgan fingerprint density at radius 3 is 2.33 bits per heavy atom. The van der Waals surface area contributed by atoms with E-state index in [0.717, 1.165) is 125 Å². The SMILES string of the molecule is C=C1CCC(CNCc2ccc(-c3cccc(-c4cccc(NCc5cc(OC)c(CN(C)C6CCC(CC=O)CC6)cc5Cl)c4C=N)c3Cl)cc2OC)N1. The van der Waals surface area contributed by atoms with Crippen LogP contribution in [0.3, 0.4) is 0 Å². The summed E-state index contributed by atoms with van der Waals surface area (Å²) in [6.07, 6.45) is 9.57. The smallest absolute Gasteiger partial charge is 0.123 e. The number of ether oxygens (including phenoxy) is 2. The van der Waals surface area contributed by atoms with Gasteiger partial charge in [-0.3, -0.25) is 4.90 Å². The number of benzene rings is 4. The lowest BCUT2D eigenvalue weighted by Crippen LogP contribution is -2.34. The summed E-state index contributed by atoms with van der Waals surface area (Å²) in [6, 6.07) is 23.0. The highest BCUT2D eigenvalue weighted by atomic mass is 35.5. The largest absolute Gasteiger partial charge is 0.496 e. The molecule has 290 valence electrons. The summed E-state index contributed by atoms with van der Waals surface area (Å²) in [4.78, 5) is 13.4. The maximum Gasteiger partial charge on any atom is 0.123 e. The van der Waals surface area contributed by atoms with Crippen LogP contribution in [-0.4, -0.2) is 57.3 Å². The van der Waals surface area contributed by atoms with Crippen molar-refractivity contribution in [2.24, 2.45) is 5.92 Å². The van der Waals surface area contributed by atoms with Crippen LogP contribution in [0.1, 0.15) is 67.2 Å². The maximum atomic E-state index is 11.0. The van der Waals surface area contributed by atoms with Gasteiger partial charge in [-0.1, -0.05) is 72.2 Å². The third-order valence-electron chi connectivity index (χ3n) is 11.3. The Kier molecular flexibility index (Phi) is 13.9. The first-order valence-electron chi connectivity index (χ1n) is 19.2. The van der Waals surface area contributed by atoms with E-state index in [1.54, 1.807) is 14.2 Å². The molecule has 4 N–H and O–H groups in total. The average molecular weight is 783 g/mol. The molecule has 0 spiro atoms. The lowest BCUT2D eigenvalue weighted by Gasteiger charge is -2.34. The molecule has 1 saturated heterocycles. The molecule has 1 aliphatic heterocycles. The number of rotatable bonds is 17. The van der Waals surface area contributed by atoms with Crippen molar-refractivity contribution in [1.29, 1.82) is 5.41 Å². The van der Waals surface area contributed by atoms with Gasteiger partial charge in [0.05, 0.1) is 19.2 Å². The minimum absolute atomic E-state index is 0.404. The molecule has 4 aromatic carbocycles. The number of hydrogen-bond donors (Lipinski definition) is 4. The molecule has 1 aliphatic carbocycles. The first kappa shape index (κ1) is 40.3. The normalized spacial score (nSPS) is 18.2. The number of anilines is 1. The van der Waals surface area contributed by atoms with E-state index in [2.05, 4.69) is 46.6 Å². The van der Waals surface area contributed by atoms with E-state index in [1.807, 2.05) is 54.6 Å². The van der Waals surface area contributed by atoms with E-state index in [9.17, 15) is 4.79 Å². The van der Waals surface area contributed by atoms with E-state index in [1.165, 1.54) is 6.21 Å². The fourth-order valence-electron chi connectivity index (χ4n) is 8.08. The summed E-state index contributed by atoms with van der Waals surface area (Å²) in [7, 11) is 5.54. The second kappa shape index (κ2) is 19.0. The zero-order chi connectivity index (χ0) is 38.9. The Bertz CT molecular complexity index is 1990. The summed E-state index contributed by atoms with van der Waals surface area (Å²) in [5, 5.41) is 20.2. The molecule has 4 aromatic rings. The van der Waals surface area contributed by atoms with E-state index in [0.29, 0.717) is 47.6 Å². The van der Waals surface area contributed by atoms with Gasteiger partial charge in [0.2, 0.25) is 0 Å². The predicted molar refractivity (Wildman–Crippen MR) is 227 cm³/mol. The number of allylic oxidation sites excluding steroid dienone is 1. The molecule has 55 heavy (non-hydrogen) atoms. The van der Waals surface area contributed by atoms with Gasteiger partial charge in [-0.2, -0.15) is 0 Å². The molecule has 0 amide bonds. The van der Waals surface area contributed by atoms with Gasteiger partial charge >= 0.3 is 0 Å². The van der Waals surface area contributed by atoms with Gasteiger partial charge in [0, 0.05) is 95.1 Å². The second-order valence-electron chi connectivity index (χ2n) is 14.8. The van der Waals surface area contributed by atoms with Crippen molar-refractivity contribution < 1.29 is 14.3 Å². The third kappa shape index (κ3) is 9.73. The number of methoxy groups -OCH3 is 2. The average Bonchev–Trinajstić information content (AvgIpc) is 3.62. The summed E-state index contributed by atoms with van der Waals surface area (Å²) >= 11 is 14.1. The number of carbonyl (C=O) groups is 1. The zero-order valence-corrected chi connectivity index (χ0v) is 33.7. The van der Waals surface area contributed by atoms with Gasteiger partial charge in [0.1, 0.15) is 17.8 Å². The molecule has 1 saturated carbocycles. The van der Waals surface area contributed by atoms with Gasteiger partial charge < -0.3 is 35.6 Å². The Labute approximate surface area is 336 Å². The van der Waals surface area contributed by atoms with Crippen molar-refractivity contribution >= 4 is 41.4 Å². The summed E-state index contributed by atoms with van der Waals surface area (Å²) in [6.45, 7) is 6.75. The third-order valence-corrected chi connectivity index (χ3v) is 12.0. The van der Waals surface area contributed by atoms with Gasteiger partial charge in [-0.15, -0.1) is 0 Å². The van der Waals surface area contributed by atoms with Crippen LogP contribution in [0.15, 0.2) is 79.0 Å². The standard InChI is InChI=1S/C45H53Cl2N5O3/c1-29-11-16-35(51-29)27-49-25-32-15-14-31(22-43(32)54-3)37-7-5-9-39(45(37)47)38-8-6-10-42(40(38)24-48)50-26-33-23-44(55-4)34(21-41(33)46)28-52(2)36-17-12-30(13-18-36)19-20-53/h5-10,14-15,20-24,30,35-36,48-51H,1,11-13,16-19,25-28H2,2-4H3. The number of nitrogens with one attached hydrogen (secondary N) is 4. The van der Waals surface area contributed by atoms with Gasteiger partial charge in [0.25, 0.3) is 0 Å². The number of aldehydes is 1. The van der Waals surface area contributed by atoms with Crippen LogP contribution >= 0.6 is 23.2 Å². The van der Waals surface area contributed by atoms with E-state index >= 15 is 0 Å². The van der Waals surface area contributed by atoms with Crippen LogP contribution in [-0.2, 0) is 24.4 Å². The maximum absolute atomic E-state index is 11.0. The number of nitrogens with zero attached hydrogens (tertiary/aromatic N) is 1. The molecule has 0 bridgehead atoms. The Hall–Kier alpha value is -4.34. The predicted octanol–water partition coefficient (Wildman–Crippen LogP) is 9.89. The first-order chi connectivity index (χ1) is 26.7. The summed E-state index contributed by atoms with van der Waals surface area (Å²) < 4.78 is 11.7. The van der Waals surface area contributed by atoms with Gasteiger partial charge in [-0.05, 0) is 92.4 Å². The highest BCUT2D eigenvalue weighted by molar-refractivity contribution is 6.36. The van der Waals surface area contributed by atoms with Crippen LogP contribution < -0.4 is 25.4 Å². The monoisotopic (exact) mass is 781 g/mol. The molecule has 2 fully saturated rings. The number of halogens is 2. The molecule has 2 aliphatic rings. The van der Waals surface area contributed by atoms with Crippen molar-refractivity contribution in [2.75, 3.05) is 33.1 Å². The van der Waals surface area contributed by atoms with Crippen LogP contribution in [0.25, 0.3) is 22.3 Å². The van der Waals surface area contributed by atoms with Crippen LogP contribution in [0.5, 0.6) is 11.5 Å². The highest BCUT2D eigenvalue weighted by Gasteiger charge is 2.25. The second-order valence-corrected chi connectivity index (χ2v) is 15.6. The Morgan fingerprint density at radius 2 is 1.62 bits per heavy atom. The van der Waals surface area contributed by atoms with E-state index < -0.39 is 0 Å². The fourth-order valence-corrected chi connectivity index (χ4v) is 8.67. The topological polar surface area (TPSA) is 98.7 Å². The Balaban J connectivity index is 1.16. The van der Waals surface area contributed by atoms with Gasteiger partial charge in [-0.25, -0.2) is 0 Å². The molecule has 8 nitrogen and oxygen atoms in total. The Morgan fingerprint density at radius 1 is 0.891 bits per heavy atom. The summed E-state index contributed by atoms with van der Waals surface area (Å²) in [5.74, 6) is 2.11. The summed E-state index contributed by atoms with van der Waals surface area (Å²) in [5.41, 5.74) is 9.17. The molecule has 1 atom stereocenters. The molecule has 10 heteroatoms. The van der Waals surface area contributed by atoms with Gasteiger partial charge in [0.15, 0.2) is 0 Å². The zero-order valence-electron chi connectivity index (χ0n) is 32.2. The highest BCUT2D eigenvalue weighted by Crippen LogP contribution is 2.41. The molecular formula is C45H53Cl2N5O3. The molecule has 0 radical (unpaired) electrons. The molecule has 1 heterocycles. The van der Waals surface area contributed by atoms with Crippen LogP contribution in [0, 0.1) is 11.3 Å². The van der Waals surface area contributed by atoms with Crippen molar-refractivity contribution in [3.63, 3.8) is 0 Å². The van der Waals surface area contributed by atoms with Crippen LogP contribution in [0.4, 0.5) is 5.69 Å². The van der Waals surface area contributed by atoms with E-state index in [4.69, 9.17) is 38.1 Å². The van der Waals surface area contributed by atoms with Crippen molar-refractivity contribution in [3.05, 3.63) is 111 Å². The van der Waals surface area contributed by atoms with E-state index in [-0.39, 0.29) is 0 Å². The minimum atomic E-state index is 0.404. The lowest BCUT2D eigenvalue weighted by atomic mass is 9.84. The minimum Gasteiger partial charge on any atom is -0.496 e. The number of hydrogen-bond acceptors (Lipinski definition) is 8. The molecular weight excluding hydrogens is 729 g/mol. The number of carbonyl (C=O) groups excluding carboxylic acids is 1. The molecule has 0 aromatic heterocycles. The van der Waals surface area contributed by atoms with Crippen molar-refractivity contribution in [2.45, 2.75) is 76.7 Å². The lowest BCUT2D eigenvalue weighted by molar-refractivity contribution is -0.108. The molecule has 6 rings (SSSR count). The van der Waals surface area contributed by atoms with Crippen molar-refractivity contribution in [1.82, 2.24) is 15.5 Å². The first-order valence-corrected chi connectivity index (χ1v) is 20.0. The quantitative estimate of drug-likeness (QED) is 0.0626.